The Bertz CT molecular complexity index is 411. The smallest absolute Gasteiger partial charge is 0.317 e. The fourth-order valence-corrected chi connectivity index (χ4v) is 2.64. The molecule has 0 spiro atoms. The molecule has 2 amide bonds. The molecule has 0 radical (unpaired) electrons. The number of carbonyl (C=O) groups excluding carboxylic acids is 1. The van der Waals surface area contributed by atoms with E-state index in [0.717, 1.165) is 37.9 Å². The van der Waals surface area contributed by atoms with Gasteiger partial charge in [0.05, 0.1) is 0 Å². The van der Waals surface area contributed by atoms with E-state index in [1.165, 1.54) is 5.56 Å². The summed E-state index contributed by atoms with van der Waals surface area (Å²) in [6.07, 6.45) is 4.42. The summed E-state index contributed by atoms with van der Waals surface area (Å²) in [6.45, 7) is 5.10. The highest BCUT2D eigenvalue weighted by Crippen LogP contribution is 2.26. The molecule has 1 aliphatic heterocycles. The number of amides is 2. The van der Waals surface area contributed by atoms with Crippen LogP contribution in [0.15, 0.2) is 24.3 Å². The van der Waals surface area contributed by atoms with Crippen LogP contribution in [0.25, 0.3) is 0 Å². The van der Waals surface area contributed by atoms with Gasteiger partial charge in [0.15, 0.2) is 0 Å². The summed E-state index contributed by atoms with van der Waals surface area (Å²) in [5, 5.41) is 2.99. The molecule has 98 valence electrons. The molecule has 0 saturated carbocycles. The van der Waals surface area contributed by atoms with E-state index in [1.807, 2.05) is 23.1 Å². The molecule has 0 atom stereocenters. The number of hydrogen-bond acceptors (Lipinski definition) is 1. The number of benzene rings is 1. The van der Waals surface area contributed by atoms with Crippen LogP contribution in [0.3, 0.4) is 0 Å². The third-order valence-electron chi connectivity index (χ3n) is 3.55. The van der Waals surface area contributed by atoms with Crippen molar-refractivity contribution in [3.8, 4) is 0 Å². The zero-order valence-electron chi connectivity index (χ0n) is 11.3. The summed E-state index contributed by atoms with van der Waals surface area (Å²) in [4.78, 5) is 14.2. The van der Waals surface area contributed by atoms with Gasteiger partial charge >= 0.3 is 6.03 Å². The van der Waals surface area contributed by atoms with Gasteiger partial charge in [-0.2, -0.15) is 0 Å². The Labute approximate surface area is 109 Å². The van der Waals surface area contributed by atoms with Gasteiger partial charge in [-0.05, 0) is 24.5 Å². The minimum atomic E-state index is 0.0561. The van der Waals surface area contributed by atoms with Gasteiger partial charge in [-0.3, -0.25) is 0 Å². The second-order valence-electron chi connectivity index (χ2n) is 4.95. The van der Waals surface area contributed by atoms with E-state index < -0.39 is 0 Å². The SMILES string of the molecule is CCCC(CCC)N1Cc2ccccc2NC1=O. The van der Waals surface area contributed by atoms with Crippen molar-refractivity contribution in [3.63, 3.8) is 0 Å². The number of nitrogens with zero attached hydrogens (tertiary/aromatic N) is 1. The van der Waals surface area contributed by atoms with Crippen molar-refractivity contribution in [2.45, 2.75) is 52.1 Å². The predicted molar refractivity (Wildman–Crippen MR) is 74.6 cm³/mol. The molecule has 0 bridgehead atoms. The van der Waals surface area contributed by atoms with Gasteiger partial charge in [0.1, 0.15) is 0 Å². The van der Waals surface area contributed by atoms with Crippen molar-refractivity contribution in [1.82, 2.24) is 4.90 Å². The first kappa shape index (κ1) is 12.9. The summed E-state index contributed by atoms with van der Waals surface area (Å²) in [5.41, 5.74) is 2.18. The minimum absolute atomic E-state index is 0.0561. The first-order valence-corrected chi connectivity index (χ1v) is 6.91. The molecule has 1 N–H and O–H groups in total. The van der Waals surface area contributed by atoms with Crippen molar-refractivity contribution in [2.24, 2.45) is 0 Å². The molecule has 2 rings (SSSR count). The molecule has 3 heteroatoms. The van der Waals surface area contributed by atoms with Gasteiger partial charge in [0, 0.05) is 18.3 Å². The van der Waals surface area contributed by atoms with Gasteiger partial charge in [-0.1, -0.05) is 44.9 Å². The molecular formula is C15H22N2O. The van der Waals surface area contributed by atoms with Crippen LogP contribution in [-0.4, -0.2) is 17.0 Å². The average molecular weight is 246 g/mol. The second-order valence-corrected chi connectivity index (χ2v) is 4.95. The highest BCUT2D eigenvalue weighted by atomic mass is 16.2. The number of urea groups is 1. The largest absolute Gasteiger partial charge is 0.322 e. The topological polar surface area (TPSA) is 32.3 Å². The molecule has 0 fully saturated rings. The highest BCUT2D eigenvalue weighted by Gasteiger charge is 2.27. The maximum absolute atomic E-state index is 12.2. The lowest BCUT2D eigenvalue weighted by atomic mass is 10.0. The Morgan fingerprint density at radius 1 is 1.22 bits per heavy atom. The summed E-state index contributed by atoms with van der Waals surface area (Å²) in [7, 11) is 0. The number of fused-ring (bicyclic) bond motifs is 1. The molecular weight excluding hydrogens is 224 g/mol. The lowest BCUT2D eigenvalue weighted by Crippen LogP contribution is -2.45. The molecule has 1 heterocycles. The lowest BCUT2D eigenvalue weighted by Gasteiger charge is -2.35. The van der Waals surface area contributed by atoms with Crippen molar-refractivity contribution < 1.29 is 4.79 Å². The molecule has 18 heavy (non-hydrogen) atoms. The Morgan fingerprint density at radius 3 is 2.56 bits per heavy atom. The second kappa shape index (κ2) is 5.89. The van der Waals surface area contributed by atoms with Crippen LogP contribution in [0.2, 0.25) is 0 Å². The van der Waals surface area contributed by atoms with E-state index >= 15 is 0 Å². The van der Waals surface area contributed by atoms with E-state index in [0.29, 0.717) is 6.04 Å². The van der Waals surface area contributed by atoms with Gasteiger partial charge in [-0.25, -0.2) is 4.79 Å². The third kappa shape index (κ3) is 2.66. The fourth-order valence-electron chi connectivity index (χ4n) is 2.64. The Morgan fingerprint density at radius 2 is 1.89 bits per heavy atom. The average Bonchev–Trinajstić information content (AvgIpc) is 2.38. The van der Waals surface area contributed by atoms with Crippen LogP contribution in [0, 0.1) is 0 Å². The van der Waals surface area contributed by atoms with Crippen LogP contribution in [0.1, 0.15) is 45.1 Å². The normalized spacial score (nSPS) is 14.6. The Balaban J connectivity index is 2.17. The van der Waals surface area contributed by atoms with Crippen LogP contribution in [0.4, 0.5) is 10.5 Å². The summed E-state index contributed by atoms with van der Waals surface area (Å²) < 4.78 is 0. The number of para-hydroxylation sites is 1. The molecule has 1 aromatic rings. The quantitative estimate of drug-likeness (QED) is 0.836. The zero-order chi connectivity index (χ0) is 13.0. The van der Waals surface area contributed by atoms with Crippen LogP contribution in [-0.2, 0) is 6.54 Å². The van der Waals surface area contributed by atoms with E-state index in [-0.39, 0.29) is 6.03 Å². The van der Waals surface area contributed by atoms with E-state index in [1.54, 1.807) is 0 Å². The Kier molecular flexibility index (Phi) is 4.24. The highest BCUT2D eigenvalue weighted by molar-refractivity contribution is 5.92. The molecule has 3 nitrogen and oxygen atoms in total. The molecule has 0 aromatic heterocycles. The number of nitrogens with one attached hydrogen (secondary N) is 1. The lowest BCUT2D eigenvalue weighted by molar-refractivity contribution is 0.171. The standard InChI is InChI=1S/C15H22N2O/c1-3-7-13(8-4-2)17-11-12-9-5-6-10-14(12)16-15(17)18/h5-6,9-10,13H,3-4,7-8,11H2,1-2H3,(H,16,18). The predicted octanol–water partition coefficient (Wildman–Crippen LogP) is 4.00. The van der Waals surface area contributed by atoms with Gasteiger partial charge in [0.25, 0.3) is 0 Å². The molecule has 1 aliphatic rings. The maximum Gasteiger partial charge on any atom is 0.322 e. The van der Waals surface area contributed by atoms with Gasteiger partial charge in [0.2, 0.25) is 0 Å². The summed E-state index contributed by atoms with van der Waals surface area (Å²) >= 11 is 0. The number of hydrogen-bond donors (Lipinski definition) is 1. The minimum Gasteiger partial charge on any atom is -0.317 e. The molecule has 0 saturated heterocycles. The van der Waals surface area contributed by atoms with Crippen LogP contribution in [0.5, 0.6) is 0 Å². The number of anilines is 1. The van der Waals surface area contributed by atoms with Crippen LogP contribution >= 0.6 is 0 Å². The molecule has 0 aliphatic carbocycles. The zero-order valence-corrected chi connectivity index (χ0v) is 11.3. The summed E-state index contributed by atoms with van der Waals surface area (Å²) in [6, 6.07) is 8.48. The van der Waals surface area contributed by atoms with E-state index in [4.69, 9.17) is 0 Å². The first-order chi connectivity index (χ1) is 8.76. The fraction of sp³-hybridized carbons (Fsp3) is 0.533. The van der Waals surface area contributed by atoms with Gasteiger partial charge in [-0.15, -0.1) is 0 Å². The van der Waals surface area contributed by atoms with E-state index in [9.17, 15) is 4.79 Å². The van der Waals surface area contributed by atoms with Crippen molar-refractivity contribution in [2.75, 3.05) is 5.32 Å². The number of carbonyl (C=O) groups is 1. The Hall–Kier alpha value is -1.51. The van der Waals surface area contributed by atoms with Crippen molar-refractivity contribution in [1.29, 1.82) is 0 Å². The maximum atomic E-state index is 12.2. The first-order valence-electron chi connectivity index (χ1n) is 6.91. The third-order valence-corrected chi connectivity index (χ3v) is 3.55. The van der Waals surface area contributed by atoms with Crippen molar-refractivity contribution in [3.05, 3.63) is 29.8 Å². The number of rotatable bonds is 5. The summed E-state index contributed by atoms with van der Waals surface area (Å²) in [5.74, 6) is 0. The van der Waals surface area contributed by atoms with Gasteiger partial charge < -0.3 is 10.2 Å². The monoisotopic (exact) mass is 246 g/mol. The molecule has 1 aromatic carbocycles. The van der Waals surface area contributed by atoms with Crippen molar-refractivity contribution >= 4 is 11.7 Å². The molecule has 0 unspecified atom stereocenters. The van der Waals surface area contributed by atoms with E-state index in [2.05, 4.69) is 25.2 Å². The van der Waals surface area contributed by atoms with Crippen LogP contribution < -0.4 is 5.32 Å².